The van der Waals surface area contributed by atoms with Crippen LogP contribution in [0.2, 0.25) is 0 Å². The van der Waals surface area contributed by atoms with Gasteiger partial charge in [0.05, 0.1) is 22.3 Å². The van der Waals surface area contributed by atoms with E-state index in [1.807, 2.05) is 7.05 Å². The van der Waals surface area contributed by atoms with Crippen LogP contribution in [-0.2, 0) is 12.8 Å². The first-order valence-corrected chi connectivity index (χ1v) is 8.43. The molecule has 0 aliphatic carbocycles. The molecule has 0 N–H and O–H groups in total. The van der Waals surface area contributed by atoms with Crippen molar-refractivity contribution in [1.29, 1.82) is 0 Å². The molecule has 3 aromatic heterocycles. The number of benzene rings is 1. The van der Waals surface area contributed by atoms with Crippen molar-refractivity contribution < 1.29 is 9.45 Å². The fourth-order valence-electron chi connectivity index (χ4n) is 2.38. The molecule has 3 heterocycles. The zero-order valence-corrected chi connectivity index (χ0v) is 14.3. The molecular formula is C15H11N7O3S. The number of nitro benzene ring substituents is 1. The Morgan fingerprint density at radius 2 is 2.23 bits per heavy atom. The van der Waals surface area contributed by atoms with Gasteiger partial charge in [-0.2, -0.15) is 10.1 Å². The minimum absolute atomic E-state index is 0.0248. The van der Waals surface area contributed by atoms with Crippen LogP contribution in [0.5, 0.6) is 0 Å². The highest BCUT2D eigenvalue weighted by Gasteiger charge is 2.14. The molecule has 0 aliphatic rings. The molecule has 0 fully saturated rings. The second-order valence-corrected chi connectivity index (χ2v) is 6.26. The lowest BCUT2D eigenvalue weighted by Gasteiger charge is -1.99. The van der Waals surface area contributed by atoms with Gasteiger partial charge in [0.1, 0.15) is 11.4 Å². The lowest BCUT2D eigenvalue weighted by atomic mass is 10.2. The molecule has 26 heavy (non-hydrogen) atoms. The van der Waals surface area contributed by atoms with Crippen LogP contribution in [0.1, 0.15) is 5.89 Å². The van der Waals surface area contributed by atoms with Crippen LogP contribution in [0.25, 0.3) is 22.4 Å². The summed E-state index contributed by atoms with van der Waals surface area (Å²) in [6.45, 7) is 0. The van der Waals surface area contributed by atoms with Crippen molar-refractivity contribution in [2.45, 2.75) is 10.8 Å². The molecule has 0 amide bonds. The fraction of sp³-hybridized carbons (Fsp3) is 0.133. The monoisotopic (exact) mass is 369 g/mol. The van der Waals surface area contributed by atoms with Crippen molar-refractivity contribution in [3.05, 3.63) is 52.8 Å². The Bertz CT molecular complexity index is 1110. The number of aryl methyl sites for hydroxylation is 1. The summed E-state index contributed by atoms with van der Waals surface area (Å²) in [4.78, 5) is 23.2. The maximum Gasteiger partial charge on any atom is 0.270 e. The van der Waals surface area contributed by atoms with Gasteiger partial charge < -0.3 is 4.52 Å². The highest BCUT2D eigenvalue weighted by molar-refractivity contribution is 7.98. The Morgan fingerprint density at radius 1 is 1.35 bits per heavy atom. The van der Waals surface area contributed by atoms with Crippen LogP contribution < -0.4 is 0 Å². The number of aromatic nitrogens is 6. The summed E-state index contributed by atoms with van der Waals surface area (Å²) in [5, 5.41) is 20.6. The van der Waals surface area contributed by atoms with Crippen molar-refractivity contribution in [2.75, 3.05) is 0 Å². The molecule has 1 aromatic carbocycles. The second-order valence-electron chi connectivity index (χ2n) is 5.29. The lowest BCUT2D eigenvalue weighted by Crippen LogP contribution is -1.93. The van der Waals surface area contributed by atoms with Crippen molar-refractivity contribution >= 4 is 28.5 Å². The second kappa shape index (κ2) is 6.52. The van der Waals surface area contributed by atoms with Gasteiger partial charge in [0.15, 0.2) is 5.65 Å². The third-order valence-corrected chi connectivity index (χ3v) is 4.60. The standard InChI is InChI=1S/C15H11N7O3S/c1-21-14-11(6-18-21)15(17-8-16-14)26-7-12-19-13(20-25-12)9-3-2-4-10(5-9)22(23)24/h2-6,8H,7H2,1H3. The summed E-state index contributed by atoms with van der Waals surface area (Å²) < 4.78 is 6.92. The zero-order chi connectivity index (χ0) is 18.1. The quantitative estimate of drug-likeness (QED) is 0.226. The van der Waals surface area contributed by atoms with E-state index in [-0.39, 0.29) is 5.69 Å². The van der Waals surface area contributed by atoms with Crippen molar-refractivity contribution in [1.82, 2.24) is 29.9 Å². The maximum atomic E-state index is 10.9. The third-order valence-electron chi connectivity index (χ3n) is 3.61. The van der Waals surface area contributed by atoms with E-state index >= 15 is 0 Å². The van der Waals surface area contributed by atoms with Crippen LogP contribution in [0.15, 0.2) is 46.3 Å². The first-order valence-electron chi connectivity index (χ1n) is 7.45. The summed E-state index contributed by atoms with van der Waals surface area (Å²) in [5.74, 6) is 1.11. The molecule has 130 valence electrons. The van der Waals surface area contributed by atoms with E-state index in [0.717, 1.165) is 16.1 Å². The number of non-ortho nitro benzene ring substituents is 1. The predicted octanol–water partition coefficient (Wildman–Crippen LogP) is 2.61. The fourth-order valence-corrected chi connectivity index (χ4v) is 3.17. The van der Waals surface area contributed by atoms with Crippen molar-refractivity contribution in [3.63, 3.8) is 0 Å². The number of nitrogens with zero attached hydrogens (tertiary/aromatic N) is 7. The SMILES string of the molecule is Cn1ncc2c(SCc3nc(-c4cccc([N+](=O)[O-])c4)no3)ncnc21. The molecule has 0 atom stereocenters. The molecular weight excluding hydrogens is 358 g/mol. The summed E-state index contributed by atoms with van der Waals surface area (Å²) in [5.41, 5.74) is 1.24. The van der Waals surface area contributed by atoms with E-state index in [0.29, 0.717) is 23.0 Å². The van der Waals surface area contributed by atoms with Gasteiger partial charge in [-0.3, -0.25) is 14.8 Å². The van der Waals surface area contributed by atoms with Crippen LogP contribution in [-0.4, -0.2) is 34.8 Å². The van der Waals surface area contributed by atoms with Gasteiger partial charge in [-0.15, -0.1) is 0 Å². The van der Waals surface area contributed by atoms with E-state index in [1.165, 1.54) is 30.2 Å². The summed E-state index contributed by atoms with van der Waals surface area (Å²) >= 11 is 1.42. The topological polar surface area (TPSA) is 126 Å². The van der Waals surface area contributed by atoms with Gasteiger partial charge in [0.25, 0.3) is 5.69 Å². The summed E-state index contributed by atoms with van der Waals surface area (Å²) in [7, 11) is 1.81. The normalized spacial score (nSPS) is 11.1. The van der Waals surface area contributed by atoms with Crippen molar-refractivity contribution in [3.8, 4) is 11.4 Å². The highest BCUT2D eigenvalue weighted by atomic mass is 32.2. The first kappa shape index (κ1) is 16.1. The minimum Gasteiger partial charge on any atom is -0.338 e. The van der Waals surface area contributed by atoms with E-state index in [1.54, 1.807) is 23.0 Å². The number of thioether (sulfide) groups is 1. The molecule has 0 saturated heterocycles. The molecule has 0 aliphatic heterocycles. The Kier molecular flexibility index (Phi) is 4.05. The van der Waals surface area contributed by atoms with Gasteiger partial charge in [-0.25, -0.2) is 9.97 Å². The molecule has 0 saturated carbocycles. The predicted molar refractivity (Wildman–Crippen MR) is 92.3 cm³/mol. The van der Waals surface area contributed by atoms with E-state index in [9.17, 15) is 10.1 Å². The molecule has 10 nitrogen and oxygen atoms in total. The van der Waals surface area contributed by atoms with E-state index < -0.39 is 4.92 Å². The Hall–Kier alpha value is -3.34. The van der Waals surface area contributed by atoms with Gasteiger partial charge in [0.2, 0.25) is 11.7 Å². The van der Waals surface area contributed by atoms with E-state index in [2.05, 4.69) is 25.2 Å². The Balaban J connectivity index is 1.53. The Labute approximate surface area is 150 Å². The van der Waals surface area contributed by atoms with Gasteiger partial charge >= 0.3 is 0 Å². The van der Waals surface area contributed by atoms with Crippen LogP contribution in [0.4, 0.5) is 5.69 Å². The third kappa shape index (κ3) is 2.99. The summed E-state index contributed by atoms with van der Waals surface area (Å²) in [6, 6.07) is 6.09. The molecule has 0 spiro atoms. The summed E-state index contributed by atoms with van der Waals surface area (Å²) in [6.07, 6.45) is 3.19. The molecule has 0 bridgehead atoms. The minimum atomic E-state index is -0.464. The number of fused-ring (bicyclic) bond motifs is 1. The molecule has 4 rings (SSSR count). The van der Waals surface area contributed by atoms with E-state index in [4.69, 9.17) is 4.52 Å². The van der Waals surface area contributed by atoms with Gasteiger partial charge in [-0.05, 0) is 0 Å². The molecule has 4 aromatic rings. The zero-order valence-electron chi connectivity index (χ0n) is 13.4. The van der Waals surface area contributed by atoms with Crippen LogP contribution >= 0.6 is 11.8 Å². The largest absolute Gasteiger partial charge is 0.338 e. The van der Waals surface area contributed by atoms with Gasteiger partial charge in [-0.1, -0.05) is 29.1 Å². The van der Waals surface area contributed by atoms with Crippen molar-refractivity contribution in [2.24, 2.45) is 7.05 Å². The number of nitro groups is 1. The molecule has 11 heteroatoms. The van der Waals surface area contributed by atoms with Crippen LogP contribution in [0, 0.1) is 10.1 Å². The average Bonchev–Trinajstić information content (AvgIpc) is 3.28. The van der Waals surface area contributed by atoms with Crippen LogP contribution in [0.3, 0.4) is 0 Å². The highest BCUT2D eigenvalue weighted by Crippen LogP contribution is 2.27. The molecule has 0 radical (unpaired) electrons. The number of rotatable bonds is 5. The van der Waals surface area contributed by atoms with Gasteiger partial charge in [0, 0.05) is 24.7 Å². The average molecular weight is 369 g/mol. The molecule has 0 unspecified atom stereocenters. The smallest absolute Gasteiger partial charge is 0.270 e. The lowest BCUT2D eigenvalue weighted by molar-refractivity contribution is -0.384. The maximum absolute atomic E-state index is 10.9. The number of hydrogen-bond donors (Lipinski definition) is 0. The number of hydrogen-bond acceptors (Lipinski definition) is 9. The Morgan fingerprint density at radius 3 is 3.08 bits per heavy atom. The first-order chi connectivity index (χ1) is 12.6.